The molecule has 0 aliphatic carbocycles. The molecule has 0 fully saturated rings. The summed E-state index contributed by atoms with van der Waals surface area (Å²) in [4.78, 5) is 0. The lowest BCUT2D eigenvalue weighted by Gasteiger charge is -2.03. The second-order valence-corrected chi connectivity index (χ2v) is 4.15. The summed E-state index contributed by atoms with van der Waals surface area (Å²) in [6.07, 6.45) is 3.64. The summed E-state index contributed by atoms with van der Waals surface area (Å²) in [6.45, 7) is 5.94. The Morgan fingerprint density at radius 3 is 2.47 bits per heavy atom. The molecule has 94 valence electrons. The Kier molecular flexibility index (Phi) is 5.84. The highest BCUT2D eigenvalue weighted by Gasteiger charge is 2.01. The average molecular weight is 239 g/mol. The molecule has 0 amide bonds. The molecule has 17 heavy (non-hydrogen) atoms. The van der Waals surface area contributed by atoms with Gasteiger partial charge in [-0.2, -0.15) is 0 Å². The van der Waals surface area contributed by atoms with Crippen LogP contribution in [0.5, 0.6) is 0 Å². The van der Waals surface area contributed by atoms with Gasteiger partial charge in [0.2, 0.25) is 0 Å². The van der Waals surface area contributed by atoms with Crippen molar-refractivity contribution in [2.75, 3.05) is 13.1 Å². The van der Waals surface area contributed by atoms with Gasteiger partial charge in [-0.15, -0.1) is 0 Å². The van der Waals surface area contributed by atoms with E-state index >= 15 is 0 Å². The van der Waals surface area contributed by atoms with Crippen LogP contribution in [0.2, 0.25) is 0 Å². The molecule has 0 aliphatic heterocycles. The van der Waals surface area contributed by atoms with Crippen molar-refractivity contribution in [3.05, 3.63) is 47.0 Å². The van der Waals surface area contributed by atoms with Crippen molar-refractivity contribution in [3.63, 3.8) is 0 Å². The lowest BCUT2D eigenvalue weighted by atomic mass is 10.1. The van der Waals surface area contributed by atoms with E-state index in [0.29, 0.717) is 12.0 Å². The third-order valence-electron chi connectivity index (χ3n) is 2.47. The second-order valence-electron chi connectivity index (χ2n) is 4.15. The van der Waals surface area contributed by atoms with Crippen molar-refractivity contribution in [1.82, 2.24) is 5.32 Å². The highest BCUT2D eigenvalue weighted by Crippen LogP contribution is 2.12. The maximum absolute atomic E-state index is 13.0. The summed E-state index contributed by atoms with van der Waals surface area (Å²) in [5, 5.41) is 3.22. The van der Waals surface area contributed by atoms with E-state index in [0.717, 1.165) is 31.1 Å². The molecule has 0 spiro atoms. The van der Waals surface area contributed by atoms with Gasteiger partial charge in [0, 0.05) is 6.07 Å². The number of nitrogens with one attached hydrogen (secondary N) is 1. The van der Waals surface area contributed by atoms with E-state index in [1.54, 1.807) is 0 Å². The van der Waals surface area contributed by atoms with Crippen LogP contribution in [-0.4, -0.2) is 13.1 Å². The van der Waals surface area contributed by atoms with Crippen molar-refractivity contribution in [2.45, 2.75) is 26.7 Å². The van der Waals surface area contributed by atoms with Crippen LogP contribution in [0, 0.1) is 11.6 Å². The summed E-state index contributed by atoms with van der Waals surface area (Å²) in [6, 6.07) is 3.66. The average Bonchev–Trinajstić information content (AvgIpc) is 2.23. The van der Waals surface area contributed by atoms with Gasteiger partial charge in [0.15, 0.2) is 0 Å². The van der Waals surface area contributed by atoms with Crippen molar-refractivity contribution in [3.8, 4) is 0 Å². The molecule has 1 N–H and O–H groups in total. The van der Waals surface area contributed by atoms with Crippen LogP contribution in [0.1, 0.15) is 25.8 Å². The SMILES string of the molecule is CCNCC/C=C(/C)Cc1cc(F)cc(F)c1. The fourth-order valence-corrected chi connectivity index (χ4v) is 1.70. The van der Waals surface area contributed by atoms with E-state index in [-0.39, 0.29) is 0 Å². The van der Waals surface area contributed by atoms with Gasteiger partial charge in [-0.1, -0.05) is 18.6 Å². The summed E-state index contributed by atoms with van der Waals surface area (Å²) in [7, 11) is 0. The monoisotopic (exact) mass is 239 g/mol. The zero-order chi connectivity index (χ0) is 12.7. The quantitative estimate of drug-likeness (QED) is 0.592. The van der Waals surface area contributed by atoms with Crippen LogP contribution < -0.4 is 5.32 Å². The molecular formula is C14H19F2N. The first-order valence-corrected chi connectivity index (χ1v) is 5.93. The second kappa shape index (κ2) is 7.17. The molecule has 0 atom stereocenters. The van der Waals surface area contributed by atoms with Gasteiger partial charge in [-0.05, 0) is 50.6 Å². The van der Waals surface area contributed by atoms with E-state index < -0.39 is 11.6 Å². The van der Waals surface area contributed by atoms with Crippen molar-refractivity contribution >= 4 is 0 Å². The maximum atomic E-state index is 13.0. The smallest absolute Gasteiger partial charge is 0.126 e. The van der Waals surface area contributed by atoms with Crippen molar-refractivity contribution in [1.29, 1.82) is 0 Å². The molecule has 1 aromatic carbocycles. The minimum atomic E-state index is -0.513. The maximum Gasteiger partial charge on any atom is 0.126 e. The number of halogens is 2. The summed E-state index contributed by atoms with van der Waals surface area (Å²) < 4.78 is 25.9. The predicted octanol–water partition coefficient (Wildman–Crippen LogP) is 3.45. The van der Waals surface area contributed by atoms with Crippen LogP contribution in [0.25, 0.3) is 0 Å². The number of rotatable bonds is 6. The zero-order valence-electron chi connectivity index (χ0n) is 10.4. The van der Waals surface area contributed by atoms with Crippen LogP contribution in [0.4, 0.5) is 8.78 Å². The molecule has 0 unspecified atom stereocenters. The third-order valence-corrected chi connectivity index (χ3v) is 2.47. The van der Waals surface area contributed by atoms with Gasteiger partial charge in [0.1, 0.15) is 11.6 Å². The van der Waals surface area contributed by atoms with Gasteiger partial charge in [0.25, 0.3) is 0 Å². The minimum Gasteiger partial charge on any atom is -0.317 e. The first-order chi connectivity index (χ1) is 8.11. The van der Waals surface area contributed by atoms with Gasteiger partial charge in [0.05, 0.1) is 0 Å². The molecule has 1 aromatic rings. The van der Waals surface area contributed by atoms with E-state index in [2.05, 4.69) is 18.3 Å². The van der Waals surface area contributed by atoms with Crippen LogP contribution in [-0.2, 0) is 6.42 Å². The van der Waals surface area contributed by atoms with Gasteiger partial charge < -0.3 is 5.32 Å². The molecule has 0 heterocycles. The third kappa shape index (κ3) is 5.59. The Morgan fingerprint density at radius 1 is 1.24 bits per heavy atom. The van der Waals surface area contributed by atoms with Crippen molar-refractivity contribution in [2.24, 2.45) is 0 Å². The Bertz CT molecular complexity index is 366. The number of hydrogen-bond donors (Lipinski definition) is 1. The van der Waals surface area contributed by atoms with Gasteiger partial charge in [-0.25, -0.2) is 8.78 Å². The first-order valence-electron chi connectivity index (χ1n) is 5.93. The normalized spacial score (nSPS) is 11.9. The Labute approximate surface area is 102 Å². The first kappa shape index (κ1) is 13.8. The fraction of sp³-hybridized carbons (Fsp3) is 0.429. The Balaban J connectivity index is 2.52. The molecule has 0 saturated carbocycles. The van der Waals surface area contributed by atoms with E-state index in [9.17, 15) is 8.78 Å². The number of hydrogen-bond acceptors (Lipinski definition) is 1. The van der Waals surface area contributed by atoms with E-state index in [1.807, 2.05) is 6.92 Å². The largest absolute Gasteiger partial charge is 0.317 e. The summed E-state index contributed by atoms with van der Waals surface area (Å²) >= 11 is 0. The zero-order valence-corrected chi connectivity index (χ0v) is 10.4. The molecule has 0 bridgehead atoms. The standard InChI is InChI=1S/C14H19F2N/c1-3-17-6-4-5-11(2)7-12-8-13(15)10-14(16)9-12/h5,8-10,17H,3-4,6-7H2,1-2H3/b11-5-. The predicted molar refractivity (Wildman–Crippen MR) is 67.0 cm³/mol. The van der Waals surface area contributed by atoms with E-state index in [4.69, 9.17) is 0 Å². The Morgan fingerprint density at radius 2 is 1.88 bits per heavy atom. The van der Waals surface area contributed by atoms with Crippen LogP contribution in [0.3, 0.4) is 0 Å². The highest BCUT2D eigenvalue weighted by molar-refractivity contribution is 5.23. The van der Waals surface area contributed by atoms with Crippen molar-refractivity contribution < 1.29 is 8.78 Å². The molecule has 1 rings (SSSR count). The fourth-order valence-electron chi connectivity index (χ4n) is 1.70. The summed E-state index contributed by atoms with van der Waals surface area (Å²) in [5.41, 5.74) is 1.81. The number of allylic oxidation sites excluding steroid dienone is 1. The molecule has 0 saturated heterocycles. The van der Waals surface area contributed by atoms with E-state index in [1.165, 1.54) is 12.1 Å². The van der Waals surface area contributed by atoms with Crippen LogP contribution >= 0.6 is 0 Å². The molecule has 1 nitrogen and oxygen atoms in total. The summed E-state index contributed by atoms with van der Waals surface area (Å²) in [5.74, 6) is -1.03. The highest BCUT2D eigenvalue weighted by atomic mass is 19.1. The minimum absolute atomic E-state index is 0.513. The molecule has 3 heteroatoms. The molecule has 0 radical (unpaired) electrons. The van der Waals surface area contributed by atoms with Gasteiger partial charge >= 0.3 is 0 Å². The topological polar surface area (TPSA) is 12.0 Å². The number of benzene rings is 1. The molecule has 0 aromatic heterocycles. The molecule has 0 aliphatic rings. The lowest BCUT2D eigenvalue weighted by molar-refractivity contribution is 0.580. The Hall–Kier alpha value is -1.22. The molecular weight excluding hydrogens is 220 g/mol. The lowest BCUT2D eigenvalue weighted by Crippen LogP contribution is -2.13. The van der Waals surface area contributed by atoms with Gasteiger partial charge in [-0.3, -0.25) is 0 Å². The van der Waals surface area contributed by atoms with Crippen LogP contribution in [0.15, 0.2) is 29.8 Å².